The van der Waals surface area contributed by atoms with Crippen LogP contribution in [0.25, 0.3) is 22.6 Å². The van der Waals surface area contributed by atoms with Gasteiger partial charge >= 0.3 is 0 Å². The summed E-state index contributed by atoms with van der Waals surface area (Å²) < 4.78 is 20.9. The molecule has 6 rings (SSSR count). The standard InChI is InChI=1S/C22H22N2O3.C12H14N2Si/c1-2-17-3-8-22-23-15-21(24(22)16-17)18-4-6-19(7-5-18)26-13-14-27-20-9-11-25-12-10-20;1-15(2,3)9-6-11-4-5-12-13-7-8-14(12)10-11/h1,3-8,15-16,20H,9-14H2;4-5,7-8,10H,1-3H3. The van der Waals surface area contributed by atoms with E-state index >= 15 is 0 Å². The van der Waals surface area contributed by atoms with Crippen molar-refractivity contribution in [2.45, 2.75) is 38.6 Å². The predicted molar refractivity (Wildman–Crippen MR) is 169 cm³/mol. The highest BCUT2D eigenvalue weighted by atomic mass is 28.3. The predicted octanol–water partition coefficient (Wildman–Crippen LogP) is 6.12. The number of fused-ring (bicyclic) bond motifs is 2. The van der Waals surface area contributed by atoms with Crippen molar-refractivity contribution in [3.63, 3.8) is 0 Å². The molecule has 0 N–H and O–H groups in total. The third kappa shape index (κ3) is 7.89. The van der Waals surface area contributed by atoms with Gasteiger partial charge in [0.1, 0.15) is 31.7 Å². The van der Waals surface area contributed by atoms with Crippen LogP contribution in [0.3, 0.4) is 0 Å². The zero-order valence-corrected chi connectivity index (χ0v) is 25.4. The number of ether oxygens (including phenoxy) is 3. The van der Waals surface area contributed by atoms with Crippen LogP contribution >= 0.6 is 0 Å². The molecule has 0 saturated carbocycles. The molecule has 0 unspecified atom stereocenters. The molecule has 0 amide bonds. The van der Waals surface area contributed by atoms with Crippen LogP contribution in [0.5, 0.6) is 5.75 Å². The summed E-state index contributed by atoms with van der Waals surface area (Å²) in [6.07, 6.45) is 17.3. The molecule has 0 atom stereocenters. The van der Waals surface area contributed by atoms with E-state index in [2.05, 4.69) is 47.0 Å². The molecule has 7 nitrogen and oxygen atoms in total. The number of hydrogen-bond donors (Lipinski definition) is 0. The van der Waals surface area contributed by atoms with E-state index in [1.165, 1.54) is 0 Å². The first-order valence-electron chi connectivity index (χ1n) is 14.2. The number of imidazole rings is 2. The lowest BCUT2D eigenvalue weighted by Crippen LogP contribution is -2.25. The van der Waals surface area contributed by atoms with Crippen LogP contribution in [-0.2, 0) is 9.47 Å². The van der Waals surface area contributed by atoms with Crippen LogP contribution < -0.4 is 4.74 Å². The summed E-state index contributed by atoms with van der Waals surface area (Å²) in [5, 5.41) is 0. The van der Waals surface area contributed by atoms with Crippen LogP contribution in [0.15, 0.2) is 79.5 Å². The second kappa shape index (κ2) is 13.5. The van der Waals surface area contributed by atoms with Gasteiger partial charge < -0.3 is 18.6 Å². The largest absolute Gasteiger partial charge is 0.491 e. The molecule has 4 aromatic heterocycles. The van der Waals surface area contributed by atoms with Gasteiger partial charge in [0.05, 0.1) is 24.6 Å². The Balaban J connectivity index is 0.000000199. The Hall–Kier alpha value is -4.34. The molecule has 1 saturated heterocycles. The van der Waals surface area contributed by atoms with Gasteiger partial charge in [0.15, 0.2) is 0 Å². The number of pyridine rings is 2. The molecule has 5 heterocycles. The smallest absolute Gasteiger partial charge is 0.137 e. The second-order valence-corrected chi connectivity index (χ2v) is 15.8. The van der Waals surface area contributed by atoms with Gasteiger partial charge in [0, 0.05) is 54.7 Å². The van der Waals surface area contributed by atoms with Crippen LogP contribution in [-0.4, -0.2) is 59.4 Å². The monoisotopic (exact) mass is 576 g/mol. The van der Waals surface area contributed by atoms with E-state index in [0.717, 1.165) is 65.5 Å². The number of rotatable bonds is 6. The molecule has 0 aliphatic carbocycles. The van der Waals surface area contributed by atoms with Gasteiger partial charge in [0.25, 0.3) is 0 Å². The molecule has 1 fully saturated rings. The summed E-state index contributed by atoms with van der Waals surface area (Å²) in [7, 11) is -1.28. The number of aromatic nitrogens is 4. The van der Waals surface area contributed by atoms with Gasteiger partial charge in [-0.05, 0) is 61.4 Å². The average Bonchev–Trinajstić information content (AvgIpc) is 3.66. The van der Waals surface area contributed by atoms with E-state index < -0.39 is 8.07 Å². The maximum Gasteiger partial charge on any atom is 0.137 e. The van der Waals surface area contributed by atoms with E-state index in [0.29, 0.717) is 19.3 Å². The number of benzene rings is 1. The van der Waals surface area contributed by atoms with Crippen LogP contribution in [0.2, 0.25) is 19.6 Å². The highest BCUT2D eigenvalue weighted by molar-refractivity contribution is 6.83. The van der Waals surface area contributed by atoms with Gasteiger partial charge in [-0.3, -0.25) is 4.40 Å². The summed E-state index contributed by atoms with van der Waals surface area (Å²) in [6, 6.07) is 15.8. The average molecular weight is 577 g/mol. The Morgan fingerprint density at radius 3 is 2.45 bits per heavy atom. The van der Waals surface area contributed by atoms with Crippen molar-refractivity contribution in [2.24, 2.45) is 0 Å². The molecule has 1 aliphatic rings. The lowest BCUT2D eigenvalue weighted by molar-refractivity contribution is -0.0388. The molecule has 1 aromatic carbocycles. The highest BCUT2D eigenvalue weighted by Gasteiger charge is 2.14. The Labute approximate surface area is 248 Å². The van der Waals surface area contributed by atoms with Crippen LogP contribution in [0.1, 0.15) is 24.0 Å². The minimum atomic E-state index is -1.28. The zero-order valence-electron chi connectivity index (χ0n) is 24.4. The van der Waals surface area contributed by atoms with Gasteiger partial charge in [-0.1, -0.05) is 31.5 Å². The molecule has 42 heavy (non-hydrogen) atoms. The summed E-state index contributed by atoms with van der Waals surface area (Å²) in [5.74, 6) is 6.72. The van der Waals surface area contributed by atoms with Crippen molar-refractivity contribution in [1.29, 1.82) is 0 Å². The number of hydrogen-bond acceptors (Lipinski definition) is 5. The molecule has 214 valence electrons. The highest BCUT2D eigenvalue weighted by Crippen LogP contribution is 2.24. The van der Waals surface area contributed by atoms with E-state index in [1.807, 2.05) is 82.1 Å². The molecule has 8 heteroatoms. The van der Waals surface area contributed by atoms with E-state index in [9.17, 15) is 0 Å². The van der Waals surface area contributed by atoms with Crippen molar-refractivity contribution in [2.75, 3.05) is 26.4 Å². The summed E-state index contributed by atoms with van der Waals surface area (Å²) >= 11 is 0. The normalized spacial score (nSPS) is 13.6. The first-order chi connectivity index (χ1) is 20.4. The number of nitrogens with zero attached hydrogens (tertiary/aromatic N) is 4. The molecular weight excluding hydrogens is 540 g/mol. The maximum absolute atomic E-state index is 5.82. The van der Waals surface area contributed by atoms with Crippen molar-refractivity contribution < 1.29 is 14.2 Å². The Morgan fingerprint density at radius 2 is 1.69 bits per heavy atom. The third-order valence-electron chi connectivity index (χ3n) is 6.67. The van der Waals surface area contributed by atoms with Gasteiger partial charge in [0.2, 0.25) is 0 Å². The Bertz CT molecular complexity index is 1730. The molecule has 0 spiro atoms. The molecule has 1 aliphatic heterocycles. The van der Waals surface area contributed by atoms with E-state index in [-0.39, 0.29) is 0 Å². The SMILES string of the molecule is C#Cc1ccc2ncc(-c3ccc(OCCOC4CCOCC4)cc3)n2c1.C[Si](C)(C)C#Cc1ccc2nccn2c1. The fourth-order valence-corrected chi connectivity index (χ4v) is 4.99. The first kappa shape index (κ1) is 29.2. The van der Waals surface area contributed by atoms with Gasteiger partial charge in [-0.2, -0.15) is 0 Å². The minimum absolute atomic E-state index is 0.299. The maximum atomic E-state index is 5.82. The van der Waals surface area contributed by atoms with E-state index in [1.54, 1.807) is 6.20 Å². The lowest BCUT2D eigenvalue weighted by atomic mass is 10.1. The Morgan fingerprint density at radius 1 is 0.929 bits per heavy atom. The first-order valence-corrected chi connectivity index (χ1v) is 17.7. The van der Waals surface area contributed by atoms with Crippen molar-refractivity contribution in [1.82, 2.24) is 18.8 Å². The van der Waals surface area contributed by atoms with E-state index in [4.69, 9.17) is 20.6 Å². The third-order valence-corrected chi connectivity index (χ3v) is 7.54. The Kier molecular flexibility index (Phi) is 9.40. The molecule has 5 aromatic rings. The van der Waals surface area contributed by atoms with Crippen molar-refractivity contribution in [3.8, 4) is 40.8 Å². The fourth-order valence-electron chi connectivity index (χ4n) is 4.47. The van der Waals surface area contributed by atoms with Crippen molar-refractivity contribution >= 4 is 19.4 Å². The van der Waals surface area contributed by atoms with Crippen LogP contribution in [0, 0.1) is 23.8 Å². The van der Waals surface area contributed by atoms with Crippen molar-refractivity contribution in [3.05, 3.63) is 90.6 Å². The summed E-state index contributed by atoms with van der Waals surface area (Å²) in [5.41, 5.74) is 9.12. The fraction of sp³-hybridized carbons (Fsp3) is 0.294. The molecule has 0 radical (unpaired) electrons. The minimum Gasteiger partial charge on any atom is -0.491 e. The zero-order chi connectivity index (χ0) is 29.4. The molecule has 0 bridgehead atoms. The van der Waals surface area contributed by atoms with Crippen LogP contribution in [0.4, 0.5) is 0 Å². The summed E-state index contributed by atoms with van der Waals surface area (Å²) in [6.45, 7) is 9.45. The lowest BCUT2D eigenvalue weighted by Gasteiger charge is -2.22. The topological polar surface area (TPSA) is 62.3 Å². The number of terminal acetylenes is 1. The summed E-state index contributed by atoms with van der Waals surface area (Å²) in [4.78, 5) is 8.63. The molecular formula is C34H36N4O3Si. The van der Waals surface area contributed by atoms with Gasteiger partial charge in [-0.15, -0.1) is 12.0 Å². The van der Waals surface area contributed by atoms with Gasteiger partial charge in [-0.25, -0.2) is 9.97 Å². The second-order valence-electron chi connectivity index (χ2n) is 11.1. The quantitative estimate of drug-likeness (QED) is 0.138.